The highest BCUT2D eigenvalue weighted by atomic mass is 16.5. The zero-order valence-electron chi connectivity index (χ0n) is 9.87. The van der Waals surface area contributed by atoms with Gasteiger partial charge >= 0.3 is 0 Å². The first-order valence-corrected chi connectivity index (χ1v) is 5.91. The summed E-state index contributed by atoms with van der Waals surface area (Å²) < 4.78 is 5.34. The summed E-state index contributed by atoms with van der Waals surface area (Å²) in [6, 6.07) is 5.46. The van der Waals surface area contributed by atoms with Gasteiger partial charge in [-0.2, -0.15) is 0 Å². The molecule has 1 aromatic carbocycles. The van der Waals surface area contributed by atoms with Gasteiger partial charge in [-0.25, -0.2) is 9.97 Å². The largest absolute Gasteiger partial charge is 0.378 e. The first-order chi connectivity index (χ1) is 8.88. The molecule has 1 fully saturated rings. The molecule has 0 saturated carbocycles. The van der Waals surface area contributed by atoms with Gasteiger partial charge in [0.15, 0.2) is 0 Å². The Labute approximate surface area is 104 Å². The van der Waals surface area contributed by atoms with E-state index in [1.54, 1.807) is 12.4 Å². The van der Waals surface area contributed by atoms with Crippen molar-refractivity contribution in [3.8, 4) is 0 Å². The Kier molecular flexibility index (Phi) is 2.90. The number of morpholine rings is 1. The lowest BCUT2D eigenvalue weighted by atomic mass is 10.1. The Balaban J connectivity index is 2.11. The molecule has 0 atom stereocenters. The van der Waals surface area contributed by atoms with E-state index >= 15 is 0 Å². The van der Waals surface area contributed by atoms with Crippen molar-refractivity contribution in [2.45, 2.75) is 0 Å². The molecule has 5 nitrogen and oxygen atoms in total. The van der Waals surface area contributed by atoms with E-state index in [9.17, 15) is 4.79 Å². The number of rotatable bonds is 2. The van der Waals surface area contributed by atoms with Crippen molar-refractivity contribution >= 4 is 23.0 Å². The van der Waals surface area contributed by atoms with Crippen LogP contribution >= 0.6 is 0 Å². The van der Waals surface area contributed by atoms with Crippen molar-refractivity contribution < 1.29 is 9.53 Å². The molecule has 0 unspecified atom stereocenters. The average Bonchev–Trinajstić information content (AvgIpc) is 2.47. The zero-order valence-corrected chi connectivity index (χ0v) is 9.87. The zero-order chi connectivity index (χ0) is 12.4. The first-order valence-electron chi connectivity index (χ1n) is 5.91. The maximum Gasteiger partial charge on any atom is 0.150 e. The molecule has 3 rings (SSSR count). The van der Waals surface area contributed by atoms with Gasteiger partial charge in [0.25, 0.3) is 0 Å². The van der Waals surface area contributed by atoms with E-state index < -0.39 is 0 Å². The lowest BCUT2D eigenvalue weighted by Gasteiger charge is -2.28. The third-order valence-electron chi connectivity index (χ3n) is 3.09. The minimum absolute atomic E-state index is 0.645. The van der Waals surface area contributed by atoms with Crippen LogP contribution < -0.4 is 4.90 Å². The highest BCUT2D eigenvalue weighted by Crippen LogP contribution is 2.24. The van der Waals surface area contributed by atoms with Crippen LogP contribution in [0.15, 0.2) is 24.5 Å². The molecule has 5 heteroatoms. The molecule has 2 aromatic rings. The van der Waals surface area contributed by atoms with E-state index in [0.29, 0.717) is 18.8 Å². The molecule has 0 radical (unpaired) electrons. The third-order valence-corrected chi connectivity index (χ3v) is 3.09. The van der Waals surface area contributed by atoms with E-state index in [0.717, 1.165) is 36.1 Å². The minimum atomic E-state index is 0.645. The molecular formula is C13H13N3O2. The van der Waals surface area contributed by atoms with E-state index in [1.165, 1.54) is 0 Å². The number of aldehydes is 1. The Morgan fingerprint density at radius 3 is 2.83 bits per heavy atom. The summed E-state index contributed by atoms with van der Waals surface area (Å²) in [4.78, 5) is 21.6. The standard InChI is InChI=1S/C13H13N3O2/c17-8-10-1-2-12-11(7-10)13(15-9-14-12)16-3-5-18-6-4-16/h1-2,7-9H,3-6H2. The second-order valence-electron chi connectivity index (χ2n) is 4.19. The van der Waals surface area contributed by atoms with Crippen LogP contribution in [0.2, 0.25) is 0 Å². The Morgan fingerprint density at radius 1 is 1.22 bits per heavy atom. The maximum atomic E-state index is 10.9. The van der Waals surface area contributed by atoms with E-state index in [4.69, 9.17) is 4.74 Å². The van der Waals surface area contributed by atoms with Crippen LogP contribution in [0, 0.1) is 0 Å². The van der Waals surface area contributed by atoms with Gasteiger partial charge in [-0.1, -0.05) is 0 Å². The van der Waals surface area contributed by atoms with Crippen LogP contribution in [0.5, 0.6) is 0 Å². The van der Waals surface area contributed by atoms with Gasteiger partial charge in [-0.3, -0.25) is 4.79 Å². The molecule has 0 bridgehead atoms. The SMILES string of the molecule is O=Cc1ccc2ncnc(N3CCOCC3)c2c1. The monoisotopic (exact) mass is 243 g/mol. The van der Waals surface area contributed by atoms with Crippen LogP contribution in [0.25, 0.3) is 10.9 Å². The number of aromatic nitrogens is 2. The summed E-state index contributed by atoms with van der Waals surface area (Å²) in [7, 11) is 0. The number of hydrogen-bond donors (Lipinski definition) is 0. The average molecular weight is 243 g/mol. The predicted octanol–water partition coefficient (Wildman–Crippen LogP) is 1.28. The van der Waals surface area contributed by atoms with Crippen molar-refractivity contribution in [3.63, 3.8) is 0 Å². The summed E-state index contributed by atoms with van der Waals surface area (Å²) in [5.41, 5.74) is 1.50. The molecule has 0 amide bonds. The number of carbonyl (C=O) groups is 1. The second-order valence-corrected chi connectivity index (χ2v) is 4.19. The third kappa shape index (κ3) is 1.93. The number of fused-ring (bicyclic) bond motifs is 1. The van der Waals surface area contributed by atoms with E-state index in [1.807, 2.05) is 12.1 Å². The first kappa shape index (κ1) is 11.1. The molecule has 18 heavy (non-hydrogen) atoms. The fourth-order valence-electron chi connectivity index (χ4n) is 2.16. The fourth-order valence-corrected chi connectivity index (χ4v) is 2.16. The van der Waals surface area contributed by atoms with Crippen molar-refractivity contribution in [2.24, 2.45) is 0 Å². The molecule has 1 aromatic heterocycles. The Morgan fingerprint density at radius 2 is 2.06 bits per heavy atom. The van der Waals surface area contributed by atoms with Crippen molar-refractivity contribution in [3.05, 3.63) is 30.1 Å². The maximum absolute atomic E-state index is 10.9. The normalized spacial score (nSPS) is 15.9. The number of ether oxygens (including phenoxy) is 1. The summed E-state index contributed by atoms with van der Waals surface area (Å²) in [5, 5.41) is 0.920. The Bertz CT molecular complexity index is 579. The van der Waals surface area contributed by atoms with Gasteiger partial charge in [0.05, 0.1) is 18.7 Å². The number of hydrogen-bond acceptors (Lipinski definition) is 5. The molecule has 92 valence electrons. The summed E-state index contributed by atoms with van der Waals surface area (Å²) >= 11 is 0. The van der Waals surface area contributed by atoms with Crippen LogP contribution in [0.1, 0.15) is 10.4 Å². The van der Waals surface area contributed by atoms with Crippen LogP contribution in [0.4, 0.5) is 5.82 Å². The molecule has 0 aliphatic carbocycles. The van der Waals surface area contributed by atoms with Gasteiger partial charge in [-0.15, -0.1) is 0 Å². The van der Waals surface area contributed by atoms with Gasteiger partial charge in [0, 0.05) is 24.0 Å². The van der Waals surface area contributed by atoms with Gasteiger partial charge in [0.1, 0.15) is 18.4 Å². The van der Waals surface area contributed by atoms with Crippen LogP contribution in [0.3, 0.4) is 0 Å². The lowest BCUT2D eigenvalue weighted by Crippen LogP contribution is -2.36. The van der Waals surface area contributed by atoms with Crippen molar-refractivity contribution in [2.75, 3.05) is 31.2 Å². The quantitative estimate of drug-likeness (QED) is 0.744. The molecule has 0 N–H and O–H groups in total. The van der Waals surface area contributed by atoms with E-state index in [2.05, 4.69) is 14.9 Å². The van der Waals surface area contributed by atoms with E-state index in [-0.39, 0.29) is 0 Å². The Hall–Kier alpha value is -2.01. The number of carbonyl (C=O) groups excluding carboxylic acids is 1. The smallest absolute Gasteiger partial charge is 0.150 e. The second kappa shape index (κ2) is 4.70. The molecule has 0 spiro atoms. The van der Waals surface area contributed by atoms with Gasteiger partial charge in [0.2, 0.25) is 0 Å². The van der Waals surface area contributed by atoms with Crippen LogP contribution in [-0.4, -0.2) is 42.6 Å². The summed E-state index contributed by atoms with van der Waals surface area (Å²) in [6.07, 6.45) is 2.41. The highest BCUT2D eigenvalue weighted by molar-refractivity contribution is 5.93. The highest BCUT2D eigenvalue weighted by Gasteiger charge is 2.15. The van der Waals surface area contributed by atoms with Gasteiger partial charge in [-0.05, 0) is 18.2 Å². The molecule has 1 aliphatic rings. The molecule has 2 heterocycles. The van der Waals surface area contributed by atoms with Gasteiger partial charge < -0.3 is 9.64 Å². The summed E-state index contributed by atoms with van der Waals surface area (Å²) in [6.45, 7) is 3.05. The summed E-state index contributed by atoms with van der Waals surface area (Å²) in [5.74, 6) is 0.881. The molecule has 1 saturated heterocycles. The number of nitrogens with zero attached hydrogens (tertiary/aromatic N) is 3. The number of anilines is 1. The topological polar surface area (TPSA) is 55.3 Å². The number of benzene rings is 1. The van der Waals surface area contributed by atoms with Crippen LogP contribution in [-0.2, 0) is 4.74 Å². The molecule has 1 aliphatic heterocycles. The predicted molar refractivity (Wildman–Crippen MR) is 68.0 cm³/mol. The lowest BCUT2D eigenvalue weighted by molar-refractivity contribution is 0.112. The minimum Gasteiger partial charge on any atom is -0.378 e. The fraction of sp³-hybridized carbons (Fsp3) is 0.308. The van der Waals surface area contributed by atoms with Crippen molar-refractivity contribution in [1.82, 2.24) is 9.97 Å². The molecular weight excluding hydrogens is 230 g/mol. The van der Waals surface area contributed by atoms with Crippen molar-refractivity contribution in [1.29, 1.82) is 0 Å².